The molecule has 1 unspecified atom stereocenters. The van der Waals surface area contributed by atoms with Crippen molar-refractivity contribution < 1.29 is 17.9 Å². The second kappa shape index (κ2) is 9.61. The molecule has 1 aromatic carbocycles. The molecule has 182 valence electrons. The van der Waals surface area contributed by atoms with E-state index in [9.17, 15) is 13.2 Å². The molecule has 1 aromatic rings. The zero-order chi connectivity index (χ0) is 23.8. The molecule has 0 aliphatic carbocycles. The van der Waals surface area contributed by atoms with Gasteiger partial charge in [-0.2, -0.15) is 4.31 Å². The molecule has 1 amide bonds. The van der Waals surface area contributed by atoms with E-state index in [2.05, 4.69) is 22.0 Å². The smallest absolute Gasteiger partial charge is 0.268 e. The molecular weight excluding hydrogens is 442 g/mol. The van der Waals surface area contributed by atoms with Gasteiger partial charge in [-0.25, -0.2) is 8.42 Å². The number of hydrogen-bond donors (Lipinski definition) is 1. The van der Waals surface area contributed by atoms with Crippen molar-refractivity contribution in [3.63, 3.8) is 0 Å². The number of benzene rings is 1. The highest BCUT2D eigenvalue weighted by atomic mass is 32.2. The minimum atomic E-state index is -3.67. The monoisotopic (exact) mass is 477 g/mol. The third-order valence-electron chi connectivity index (χ3n) is 6.52. The lowest BCUT2D eigenvalue weighted by Gasteiger charge is -2.35. The molecule has 0 aromatic heterocycles. The summed E-state index contributed by atoms with van der Waals surface area (Å²) in [6.45, 7) is 9.07. The zero-order valence-corrected chi connectivity index (χ0v) is 20.8. The van der Waals surface area contributed by atoms with Crippen molar-refractivity contribution in [1.29, 1.82) is 0 Å². The van der Waals surface area contributed by atoms with Crippen molar-refractivity contribution in [2.24, 2.45) is 0 Å². The van der Waals surface area contributed by atoms with E-state index in [4.69, 9.17) is 4.74 Å². The van der Waals surface area contributed by atoms with Crippen LogP contribution in [0.3, 0.4) is 0 Å². The third kappa shape index (κ3) is 4.75. The minimum absolute atomic E-state index is 0.112. The molecule has 1 atom stereocenters. The van der Waals surface area contributed by atoms with Crippen LogP contribution in [-0.2, 0) is 14.8 Å². The Labute approximate surface area is 197 Å². The number of likely N-dealkylation sites (N-methyl/N-ethyl adjacent to an activating group) is 2. The van der Waals surface area contributed by atoms with E-state index in [0.29, 0.717) is 57.4 Å². The Hall–Kier alpha value is -2.14. The number of rotatable bonds is 7. The Morgan fingerprint density at radius 1 is 1.09 bits per heavy atom. The van der Waals surface area contributed by atoms with E-state index in [1.165, 1.54) is 4.31 Å². The predicted molar refractivity (Wildman–Crippen MR) is 126 cm³/mol. The molecule has 1 N–H and O–H groups in total. The van der Waals surface area contributed by atoms with E-state index in [1.54, 1.807) is 12.1 Å². The Morgan fingerprint density at radius 3 is 2.48 bits per heavy atom. The fourth-order valence-corrected chi connectivity index (χ4v) is 6.40. The summed E-state index contributed by atoms with van der Waals surface area (Å²) in [6.07, 6.45) is 1.02. The summed E-state index contributed by atoms with van der Waals surface area (Å²) in [7, 11) is 0.250. The first-order valence-electron chi connectivity index (χ1n) is 11.7. The van der Waals surface area contributed by atoms with Gasteiger partial charge in [-0.05, 0) is 50.2 Å². The summed E-state index contributed by atoms with van der Waals surface area (Å²) in [5.74, 6) is 0.388. The second-order valence-corrected chi connectivity index (χ2v) is 11.0. The SMILES string of the molecule is CCCN1CC2=C(C(=O)NC2c2cc(OCC)cc(S(=O)(=O)N3CCN(C)CC3)c2)N(C)C1. The Morgan fingerprint density at radius 2 is 1.82 bits per heavy atom. The first-order chi connectivity index (χ1) is 15.7. The van der Waals surface area contributed by atoms with Crippen LogP contribution in [0.15, 0.2) is 34.4 Å². The summed E-state index contributed by atoms with van der Waals surface area (Å²) < 4.78 is 34.3. The van der Waals surface area contributed by atoms with Gasteiger partial charge < -0.3 is 19.9 Å². The molecule has 0 radical (unpaired) electrons. The van der Waals surface area contributed by atoms with Crippen molar-refractivity contribution >= 4 is 15.9 Å². The fourth-order valence-electron chi connectivity index (χ4n) is 4.90. The molecule has 0 bridgehead atoms. The average Bonchev–Trinajstić information content (AvgIpc) is 3.11. The van der Waals surface area contributed by atoms with Crippen LogP contribution < -0.4 is 10.1 Å². The van der Waals surface area contributed by atoms with Crippen molar-refractivity contribution in [2.75, 3.05) is 66.6 Å². The standard InChI is InChI=1S/C23H35N5O4S/c1-5-7-27-15-20-21(24-23(29)22(20)26(4)16-27)17-12-18(32-6-2)14-19(13-17)33(30,31)28-10-8-25(3)9-11-28/h12-14,21H,5-11,15-16H2,1-4H3,(H,24,29). The van der Waals surface area contributed by atoms with Crippen LogP contribution >= 0.6 is 0 Å². The number of ether oxygens (including phenoxy) is 1. The van der Waals surface area contributed by atoms with E-state index >= 15 is 0 Å². The van der Waals surface area contributed by atoms with E-state index in [1.807, 2.05) is 32.0 Å². The van der Waals surface area contributed by atoms with E-state index in [0.717, 1.165) is 24.1 Å². The highest BCUT2D eigenvalue weighted by Gasteiger charge is 2.39. The highest BCUT2D eigenvalue weighted by molar-refractivity contribution is 7.89. The number of piperazine rings is 1. The van der Waals surface area contributed by atoms with Gasteiger partial charge in [0, 0.05) is 45.8 Å². The van der Waals surface area contributed by atoms with Crippen LogP contribution in [0.4, 0.5) is 0 Å². The van der Waals surface area contributed by atoms with Crippen LogP contribution in [0.1, 0.15) is 31.9 Å². The topological polar surface area (TPSA) is 85.4 Å². The molecule has 1 saturated heterocycles. The summed E-state index contributed by atoms with van der Waals surface area (Å²) in [5.41, 5.74) is 2.41. The molecule has 33 heavy (non-hydrogen) atoms. The van der Waals surface area contributed by atoms with Gasteiger partial charge in [0.1, 0.15) is 11.4 Å². The maximum atomic E-state index is 13.5. The van der Waals surface area contributed by atoms with E-state index < -0.39 is 10.0 Å². The maximum absolute atomic E-state index is 13.5. The normalized spacial score (nSPS) is 23.1. The Kier molecular flexibility index (Phi) is 6.99. The van der Waals surface area contributed by atoms with Crippen molar-refractivity contribution in [3.05, 3.63) is 35.0 Å². The number of amides is 1. The second-order valence-electron chi connectivity index (χ2n) is 9.05. The van der Waals surface area contributed by atoms with Gasteiger partial charge in [0.2, 0.25) is 10.0 Å². The molecule has 3 aliphatic heterocycles. The lowest BCUT2D eigenvalue weighted by molar-refractivity contribution is -0.118. The van der Waals surface area contributed by atoms with Gasteiger partial charge in [0.25, 0.3) is 5.91 Å². The largest absolute Gasteiger partial charge is 0.494 e. The molecule has 0 saturated carbocycles. The van der Waals surface area contributed by atoms with Crippen molar-refractivity contribution in [1.82, 2.24) is 24.3 Å². The highest BCUT2D eigenvalue weighted by Crippen LogP contribution is 2.37. The number of nitrogens with zero attached hydrogens (tertiary/aromatic N) is 4. The number of nitrogens with one attached hydrogen (secondary N) is 1. The fraction of sp³-hybridized carbons (Fsp3) is 0.609. The van der Waals surface area contributed by atoms with Gasteiger partial charge >= 0.3 is 0 Å². The maximum Gasteiger partial charge on any atom is 0.268 e. The van der Waals surface area contributed by atoms with Crippen LogP contribution in [-0.4, -0.2) is 100.0 Å². The summed E-state index contributed by atoms with van der Waals surface area (Å²) in [4.78, 5) is 19.5. The number of carbonyl (C=O) groups is 1. The molecule has 0 spiro atoms. The van der Waals surface area contributed by atoms with Gasteiger partial charge in [-0.3, -0.25) is 9.69 Å². The van der Waals surface area contributed by atoms with Gasteiger partial charge in [-0.1, -0.05) is 6.92 Å². The van der Waals surface area contributed by atoms with Gasteiger partial charge in [-0.15, -0.1) is 0 Å². The number of hydrogen-bond acceptors (Lipinski definition) is 7. The third-order valence-corrected chi connectivity index (χ3v) is 8.39. The first kappa shape index (κ1) is 24.0. The zero-order valence-electron chi connectivity index (χ0n) is 20.0. The summed E-state index contributed by atoms with van der Waals surface area (Å²) in [6, 6.07) is 4.78. The lowest BCUT2D eigenvalue weighted by Crippen LogP contribution is -2.47. The van der Waals surface area contributed by atoms with Crippen molar-refractivity contribution in [2.45, 2.75) is 31.2 Å². The Bertz CT molecular complexity index is 1030. The predicted octanol–water partition coefficient (Wildman–Crippen LogP) is 1.06. The van der Waals surface area contributed by atoms with Crippen LogP contribution in [0.5, 0.6) is 5.75 Å². The summed E-state index contributed by atoms with van der Waals surface area (Å²) >= 11 is 0. The molecule has 9 nitrogen and oxygen atoms in total. The minimum Gasteiger partial charge on any atom is -0.494 e. The first-order valence-corrected chi connectivity index (χ1v) is 13.1. The molecule has 1 fully saturated rings. The van der Waals surface area contributed by atoms with Crippen LogP contribution in [0.25, 0.3) is 0 Å². The number of carbonyl (C=O) groups excluding carboxylic acids is 1. The lowest BCUT2D eigenvalue weighted by atomic mass is 9.98. The molecule has 10 heteroatoms. The average molecular weight is 478 g/mol. The summed E-state index contributed by atoms with van der Waals surface area (Å²) in [5, 5.41) is 3.09. The van der Waals surface area contributed by atoms with Crippen LogP contribution in [0, 0.1) is 0 Å². The Balaban J connectivity index is 1.72. The molecular formula is C23H35N5O4S. The molecule has 3 aliphatic rings. The van der Waals surface area contributed by atoms with Gasteiger partial charge in [0.15, 0.2) is 0 Å². The van der Waals surface area contributed by atoms with Crippen molar-refractivity contribution in [3.8, 4) is 5.75 Å². The van der Waals surface area contributed by atoms with Crippen LogP contribution in [0.2, 0.25) is 0 Å². The molecule has 4 rings (SSSR count). The molecule has 3 heterocycles. The number of sulfonamides is 1. The quantitative estimate of drug-likeness (QED) is 0.629. The van der Waals surface area contributed by atoms with Gasteiger partial charge in [0.05, 0.1) is 24.2 Å². The van der Waals surface area contributed by atoms with E-state index in [-0.39, 0.29) is 16.8 Å².